The Kier molecular flexibility index (Phi) is 4.09. The second-order valence-corrected chi connectivity index (χ2v) is 9.62. The molecule has 0 saturated heterocycles. The van der Waals surface area contributed by atoms with Gasteiger partial charge in [0.25, 0.3) is 0 Å². The number of hydrogen-bond donors (Lipinski definition) is 0. The van der Waals surface area contributed by atoms with Crippen LogP contribution in [0.4, 0.5) is 4.39 Å². The van der Waals surface area contributed by atoms with Crippen molar-refractivity contribution in [2.45, 2.75) is 66.0 Å². The fraction of sp³-hybridized carbons (Fsp3) is 0.739. The largest absolute Gasteiger partial charge is 0.300 e. The molecule has 4 aliphatic rings. The summed E-state index contributed by atoms with van der Waals surface area (Å²) in [5.41, 5.74) is 0.412. The molecule has 4 rings (SSSR count). The van der Waals surface area contributed by atoms with Crippen molar-refractivity contribution in [3.8, 4) is 0 Å². The minimum atomic E-state index is -1.03. The lowest BCUT2D eigenvalue weighted by Gasteiger charge is -2.58. The highest BCUT2D eigenvalue weighted by molar-refractivity contribution is 6.01. The van der Waals surface area contributed by atoms with Crippen LogP contribution < -0.4 is 0 Å². The Morgan fingerprint density at radius 3 is 2.69 bits per heavy atom. The first-order chi connectivity index (χ1) is 12.2. The monoisotopic (exact) mass is 358 g/mol. The Hall–Kier alpha value is -1.25. The first-order valence-corrected chi connectivity index (χ1v) is 10.3. The molecule has 0 spiro atoms. The summed E-state index contributed by atoms with van der Waals surface area (Å²) < 4.78 is 15.2. The molecule has 0 heterocycles. The van der Waals surface area contributed by atoms with Gasteiger partial charge >= 0.3 is 0 Å². The number of hydrogen-bond acceptors (Lipinski definition) is 2. The molecular weight excluding hydrogens is 327 g/mol. The van der Waals surface area contributed by atoms with Crippen molar-refractivity contribution in [3.05, 3.63) is 23.8 Å². The number of carbonyl (C=O) groups is 2. The van der Waals surface area contributed by atoms with Crippen LogP contribution >= 0.6 is 0 Å². The maximum atomic E-state index is 15.2. The predicted octanol–water partition coefficient (Wildman–Crippen LogP) is 5.08. The maximum Gasteiger partial charge on any atom is 0.178 e. The molecule has 26 heavy (non-hydrogen) atoms. The Morgan fingerprint density at radius 2 is 2.04 bits per heavy atom. The molecule has 8 atom stereocenters. The maximum absolute atomic E-state index is 15.2. The predicted molar refractivity (Wildman–Crippen MR) is 100 cm³/mol. The van der Waals surface area contributed by atoms with Crippen molar-refractivity contribution >= 4 is 11.6 Å². The molecule has 0 aromatic carbocycles. The van der Waals surface area contributed by atoms with Gasteiger partial charge in [0.05, 0.1) is 0 Å². The summed E-state index contributed by atoms with van der Waals surface area (Å²) in [4.78, 5) is 24.3. The minimum absolute atomic E-state index is 0.0535. The molecule has 0 aromatic heterocycles. The molecular formula is C23H31FO2. The lowest BCUT2D eigenvalue weighted by atomic mass is 9.46. The van der Waals surface area contributed by atoms with Gasteiger partial charge < -0.3 is 0 Å². The van der Waals surface area contributed by atoms with E-state index in [1.54, 1.807) is 19.1 Å². The molecule has 2 unspecified atom stereocenters. The molecule has 0 aromatic rings. The number of rotatable bonds is 2. The standard InChI is InChI=1S/C23H31FO2/c1-5-23-9-7-17-16(18(23)10-13(2)21(23)14(3)25)12-20(24)19-11-15(26)6-8-22(17,19)4/h6,8,11,13,16-18,20-21H,5,7,9-10,12H2,1-4H3/t13?,16-,17+,18+,20?,21-,22-,23+/m1/s1. The van der Waals surface area contributed by atoms with E-state index in [0.717, 1.165) is 25.7 Å². The third-order valence-corrected chi connectivity index (χ3v) is 8.70. The van der Waals surface area contributed by atoms with Crippen LogP contribution in [0.2, 0.25) is 0 Å². The number of fused-ring (bicyclic) bond motifs is 5. The van der Waals surface area contributed by atoms with Gasteiger partial charge in [-0.25, -0.2) is 4.39 Å². The van der Waals surface area contributed by atoms with Crippen LogP contribution in [0.1, 0.15) is 59.8 Å². The van der Waals surface area contributed by atoms with Crippen LogP contribution in [0.5, 0.6) is 0 Å². The average Bonchev–Trinajstić information content (AvgIpc) is 2.89. The Labute approximate surface area is 156 Å². The molecule has 4 aliphatic carbocycles. The number of halogens is 1. The van der Waals surface area contributed by atoms with Gasteiger partial charge in [0.2, 0.25) is 0 Å². The third kappa shape index (κ3) is 2.21. The van der Waals surface area contributed by atoms with Gasteiger partial charge in [0, 0.05) is 11.3 Å². The summed E-state index contributed by atoms with van der Waals surface area (Å²) in [5.74, 6) is 1.88. The molecule has 3 saturated carbocycles. The van der Waals surface area contributed by atoms with E-state index in [-0.39, 0.29) is 22.5 Å². The van der Waals surface area contributed by atoms with E-state index in [9.17, 15) is 9.59 Å². The van der Waals surface area contributed by atoms with Crippen molar-refractivity contribution in [2.24, 2.45) is 40.4 Å². The zero-order chi connectivity index (χ0) is 18.9. The number of ketones is 2. The van der Waals surface area contributed by atoms with E-state index in [4.69, 9.17) is 0 Å². The second kappa shape index (κ2) is 5.87. The fourth-order valence-electron chi connectivity index (χ4n) is 7.81. The molecule has 0 bridgehead atoms. The molecule has 2 nitrogen and oxygen atoms in total. The normalized spacial score (nSPS) is 49.9. The van der Waals surface area contributed by atoms with Crippen LogP contribution in [0, 0.1) is 40.4 Å². The van der Waals surface area contributed by atoms with Gasteiger partial charge in [-0.05, 0) is 85.8 Å². The summed E-state index contributed by atoms with van der Waals surface area (Å²) in [6, 6.07) is 0. The Balaban J connectivity index is 1.76. The van der Waals surface area contributed by atoms with Crippen LogP contribution in [0.25, 0.3) is 0 Å². The van der Waals surface area contributed by atoms with Crippen molar-refractivity contribution in [2.75, 3.05) is 0 Å². The van der Waals surface area contributed by atoms with E-state index in [1.165, 1.54) is 0 Å². The van der Waals surface area contributed by atoms with Gasteiger partial charge in [-0.2, -0.15) is 0 Å². The van der Waals surface area contributed by atoms with Gasteiger partial charge in [0.1, 0.15) is 12.0 Å². The van der Waals surface area contributed by atoms with Crippen molar-refractivity contribution in [1.29, 1.82) is 0 Å². The molecule has 3 heteroatoms. The molecule has 0 amide bonds. The fourth-order valence-corrected chi connectivity index (χ4v) is 7.81. The Morgan fingerprint density at radius 1 is 1.31 bits per heavy atom. The van der Waals surface area contributed by atoms with E-state index in [2.05, 4.69) is 20.8 Å². The number of Topliss-reactive ketones (excluding diaryl/α,β-unsaturated/α-hetero) is 1. The smallest absolute Gasteiger partial charge is 0.178 e. The highest BCUT2D eigenvalue weighted by atomic mass is 19.1. The minimum Gasteiger partial charge on any atom is -0.300 e. The lowest BCUT2D eigenvalue weighted by molar-refractivity contribution is -0.130. The van der Waals surface area contributed by atoms with Gasteiger partial charge in [-0.3, -0.25) is 9.59 Å². The highest BCUT2D eigenvalue weighted by Crippen LogP contribution is 2.68. The van der Waals surface area contributed by atoms with E-state index in [1.807, 2.05) is 6.08 Å². The van der Waals surface area contributed by atoms with Crippen LogP contribution in [0.15, 0.2) is 23.8 Å². The summed E-state index contributed by atoms with van der Waals surface area (Å²) in [6.07, 6.45) is 8.81. The number of carbonyl (C=O) groups excluding carboxylic acids is 2. The highest BCUT2D eigenvalue weighted by Gasteiger charge is 2.63. The van der Waals surface area contributed by atoms with E-state index in [0.29, 0.717) is 41.4 Å². The Bertz CT molecular complexity index is 707. The van der Waals surface area contributed by atoms with E-state index < -0.39 is 6.17 Å². The first-order valence-electron chi connectivity index (χ1n) is 10.3. The van der Waals surface area contributed by atoms with E-state index >= 15 is 4.39 Å². The molecule has 0 aliphatic heterocycles. The van der Waals surface area contributed by atoms with Crippen molar-refractivity contribution in [1.82, 2.24) is 0 Å². The van der Waals surface area contributed by atoms with Gasteiger partial charge in [-0.1, -0.05) is 26.8 Å². The third-order valence-electron chi connectivity index (χ3n) is 8.70. The first kappa shape index (κ1) is 18.1. The van der Waals surface area contributed by atoms with Crippen LogP contribution in [-0.4, -0.2) is 17.7 Å². The zero-order valence-corrected chi connectivity index (χ0v) is 16.4. The second-order valence-electron chi connectivity index (χ2n) is 9.62. The summed E-state index contributed by atoms with van der Waals surface area (Å²) >= 11 is 0. The van der Waals surface area contributed by atoms with Crippen LogP contribution in [0.3, 0.4) is 0 Å². The molecule has 142 valence electrons. The van der Waals surface area contributed by atoms with Crippen LogP contribution in [-0.2, 0) is 9.59 Å². The van der Waals surface area contributed by atoms with Crippen molar-refractivity contribution in [3.63, 3.8) is 0 Å². The average molecular weight is 358 g/mol. The molecule has 0 radical (unpaired) electrons. The summed E-state index contributed by atoms with van der Waals surface area (Å²) in [7, 11) is 0. The number of allylic oxidation sites excluding steroid dienone is 4. The van der Waals surface area contributed by atoms with Crippen molar-refractivity contribution < 1.29 is 14.0 Å². The number of alkyl halides is 1. The summed E-state index contributed by atoms with van der Waals surface area (Å²) in [6.45, 7) is 8.33. The molecule has 3 fully saturated rings. The lowest BCUT2D eigenvalue weighted by Crippen LogP contribution is -2.53. The molecule has 0 N–H and O–H groups in total. The topological polar surface area (TPSA) is 34.1 Å². The van der Waals surface area contributed by atoms with Gasteiger partial charge in [0.15, 0.2) is 5.78 Å². The van der Waals surface area contributed by atoms with Gasteiger partial charge in [-0.15, -0.1) is 0 Å². The summed E-state index contributed by atoms with van der Waals surface area (Å²) in [5, 5.41) is 0. The quantitative estimate of drug-likeness (QED) is 0.689. The zero-order valence-electron chi connectivity index (χ0n) is 16.4. The SMILES string of the molecule is CC[C@]12CC[C@H]3[C@@H](CC(F)C4=CC(=O)C=C[C@@]43C)[C@@H]1CC(C)[C@@H]2C(C)=O.